The predicted molar refractivity (Wildman–Crippen MR) is 121 cm³/mol. The van der Waals surface area contributed by atoms with Gasteiger partial charge in [0.05, 0.1) is 11.6 Å². The molecule has 1 fully saturated rings. The number of fused-ring (bicyclic) bond motifs is 1. The average Bonchev–Trinajstić information content (AvgIpc) is 2.79. The quantitative estimate of drug-likeness (QED) is 0.830. The molecule has 2 aliphatic heterocycles. The van der Waals surface area contributed by atoms with Gasteiger partial charge in [-0.2, -0.15) is 5.26 Å². The molecule has 1 saturated heterocycles. The van der Waals surface area contributed by atoms with Crippen molar-refractivity contribution < 1.29 is 0 Å². The minimum Gasteiger partial charge on any atom is -0.387 e. The Labute approximate surface area is 173 Å². The summed E-state index contributed by atoms with van der Waals surface area (Å²) in [4.78, 5) is 2.52. The first-order valence-corrected chi connectivity index (χ1v) is 10.8. The van der Waals surface area contributed by atoms with E-state index in [4.69, 9.17) is 0 Å². The molecule has 0 bridgehead atoms. The molecule has 2 heterocycles. The molecule has 2 aromatic rings. The van der Waals surface area contributed by atoms with E-state index in [9.17, 15) is 5.26 Å². The van der Waals surface area contributed by atoms with Gasteiger partial charge in [-0.3, -0.25) is 0 Å². The van der Waals surface area contributed by atoms with Gasteiger partial charge in [0.2, 0.25) is 0 Å². The summed E-state index contributed by atoms with van der Waals surface area (Å²) in [5.74, 6) is 0. The van der Waals surface area contributed by atoms with Crippen molar-refractivity contribution >= 4 is 18.0 Å². The fraction of sp³-hybridized carbons (Fsp3) is 0.400. The number of nitriles is 1. The molecule has 0 atom stereocenters. The van der Waals surface area contributed by atoms with Crippen LogP contribution >= 0.6 is 0 Å². The van der Waals surface area contributed by atoms with Crippen LogP contribution in [0.25, 0.3) is 23.4 Å². The molecule has 2 aliphatic rings. The highest BCUT2D eigenvalue weighted by Gasteiger charge is 2.19. The number of hydrogen-bond donors (Lipinski definition) is 2. The van der Waals surface area contributed by atoms with Gasteiger partial charge in [-0.1, -0.05) is 26.0 Å². The van der Waals surface area contributed by atoms with Crippen molar-refractivity contribution in [3.05, 3.63) is 51.9 Å². The number of aryl methyl sites for hydroxylation is 1. The van der Waals surface area contributed by atoms with Crippen molar-refractivity contribution in [1.29, 1.82) is 5.26 Å². The number of rotatable bonds is 5. The van der Waals surface area contributed by atoms with Crippen molar-refractivity contribution in [2.75, 3.05) is 31.5 Å². The number of piperidine rings is 1. The smallest absolute Gasteiger partial charge is 0.0991 e. The van der Waals surface area contributed by atoms with Gasteiger partial charge in [-0.25, -0.2) is 0 Å². The summed E-state index contributed by atoms with van der Waals surface area (Å²) in [7, 11) is 0. The maximum atomic E-state index is 9.45. The summed E-state index contributed by atoms with van der Waals surface area (Å²) in [6, 6.07) is 13.6. The molecule has 2 aromatic carbocycles. The standard InChI is InChI=1S/C25H30N4/c1-3-18-11-19(16-26)13-21(12-18)22-14-20-5-8-27-17-24(20)25(15-22)28-23-6-9-29(4-2)10-7-23/h5,11-15,17,23,27-28H,3-4,6-10H2,1-2H3. The Bertz CT molecular complexity index is 1040. The Morgan fingerprint density at radius 1 is 1.10 bits per heavy atom. The van der Waals surface area contributed by atoms with E-state index in [0.29, 0.717) is 6.04 Å². The van der Waals surface area contributed by atoms with Crippen LogP contribution in [0.2, 0.25) is 0 Å². The fourth-order valence-corrected chi connectivity index (χ4v) is 4.36. The van der Waals surface area contributed by atoms with Crippen LogP contribution in [0, 0.1) is 11.3 Å². The first kappa shape index (κ1) is 19.5. The Morgan fingerprint density at radius 2 is 1.90 bits per heavy atom. The number of likely N-dealkylation sites (tertiary alicyclic amines) is 1. The van der Waals surface area contributed by atoms with Crippen molar-refractivity contribution in [3.63, 3.8) is 0 Å². The van der Waals surface area contributed by atoms with Crippen molar-refractivity contribution in [2.24, 2.45) is 0 Å². The second-order valence-electron chi connectivity index (χ2n) is 8.02. The van der Waals surface area contributed by atoms with Crippen LogP contribution in [0.15, 0.2) is 30.3 Å². The SMILES string of the molecule is CCc1cc(C#N)cc(-c2cc(NC3CCN(CC)CC3)c3c(c2)=CCNC=3)c1. The highest BCUT2D eigenvalue weighted by Crippen LogP contribution is 2.24. The molecule has 2 N–H and O–H groups in total. The zero-order valence-corrected chi connectivity index (χ0v) is 17.5. The first-order chi connectivity index (χ1) is 14.2. The summed E-state index contributed by atoms with van der Waals surface area (Å²) in [6.45, 7) is 8.69. The van der Waals surface area contributed by atoms with Crippen LogP contribution < -0.4 is 21.1 Å². The molecule has 4 nitrogen and oxygen atoms in total. The summed E-state index contributed by atoms with van der Waals surface area (Å²) in [6.07, 6.45) is 7.66. The molecular formula is C25H30N4. The summed E-state index contributed by atoms with van der Waals surface area (Å²) < 4.78 is 0. The lowest BCUT2D eigenvalue weighted by Crippen LogP contribution is -2.41. The van der Waals surface area contributed by atoms with Gasteiger partial charge in [0.15, 0.2) is 0 Å². The minimum absolute atomic E-state index is 0.504. The number of anilines is 1. The molecule has 0 aliphatic carbocycles. The lowest BCUT2D eigenvalue weighted by atomic mass is 9.96. The molecule has 0 radical (unpaired) electrons. The van der Waals surface area contributed by atoms with E-state index in [1.165, 1.54) is 40.1 Å². The summed E-state index contributed by atoms with van der Waals surface area (Å²) >= 11 is 0. The Morgan fingerprint density at radius 3 is 2.62 bits per heavy atom. The predicted octanol–water partition coefficient (Wildman–Crippen LogP) is 2.81. The van der Waals surface area contributed by atoms with Crippen LogP contribution in [0.3, 0.4) is 0 Å². The average molecular weight is 387 g/mol. The van der Waals surface area contributed by atoms with E-state index in [-0.39, 0.29) is 0 Å². The Hall–Kier alpha value is -2.77. The van der Waals surface area contributed by atoms with Gasteiger partial charge in [0.25, 0.3) is 0 Å². The van der Waals surface area contributed by atoms with E-state index in [1.807, 2.05) is 12.1 Å². The van der Waals surface area contributed by atoms with Gasteiger partial charge >= 0.3 is 0 Å². The minimum atomic E-state index is 0.504. The van der Waals surface area contributed by atoms with Crippen LogP contribution in [-0.4, -0.2) is 37.1 Å². The first-order valence-electron chi connectivity index (χ1n) is 10.8. The Balaban J connectivity index is 1.73. The van der Waals surface area contributed by atoms with E-state index in [1.54, 1.807) is 0 Å². The number of nitrogens with one attached hydrogen (secondary N) is 2. The van der Waals surface area contributed by atoms with Crippen LogP contribution in [0.5, 0.6) is 0 Å². The van der Waals surface area contributed by atoms with E-state index >= 15 is 0 Å². The van der Waals surface area contributed by atoms with Gasteiger partial charge < -0.3 is 15.5 Å². The second-order valence-corrected chi connectivity index (χ2v) is 8.02. The molecule has 4 rings (SSSR count). The maximum Gasteiger partial charge on any atom is 0.0991 e. The van der Waals surface area contributed by atoms with Crippen LogP contribution in [0.1, 0.15) is 37.8 Å². The maximum absolute atomic E-state index is 9.45. The van der Waals surface area contributed by atoms with Crippen molar-refractivity contribution in [2.45, 2.75) is 39.2 Å². The van der Waals surface area contributed by atoms with Gasteiger partial charge in [-0.15, -0.1) is 0 Å². The van der Waals surface area contributed by atoms with E-state index < -0.39 is 0 Å². The number of nitrogens with zero attached hydrogens (tertiary/aromatic N) is 2. The largest absolute Gasteiger partial charge is 0.387 e. The van der Waals surface area contributed by atoms with Gasteiger partial charge in [0.1, 0.15) is 0 Å². The highest BCUT2D eigenvalue weighted by molar-refractivity contribution is 5.72. The van der Waals surface area contributed by atoms with Crippen molar-refractivity contribution in [3.8, 4) is 17.2 Å². The van der Waals surface area contributed by atoms with Crippen LogP contribution in [-0.2, 0) is 6.42 Å². The molecule has 4 heteroatoms. The molecule has 150 valence electrons. The molecule has 0 aromatic heterocycles. The lowest BCUT2D eigenvalue weighted by Gasteiger charge is -2.32. The topological polar surface area (TPSA) is 51.1 Å². The third-order valence-electron chi connectivity index (χ3n) is 6.16. The monoisotopic (exact) mass is 386 g/mol. The molecule has 0 amide bonds. The van der Waals surface area contributed by atoms with E-state index in [0.717, 1.165) is 43.7 Å². The van der Waals surface area contributed by atoms with Gasteiger partial charge in [-0.05, 0) is 72.0 Å². The van der Waals surface area contributed by atoms with Crippen LogP contribution in [0.4, 0.5) is 5.69 Å². The summed E-state index contributed by atoms with van der Waals surface area (Å²) in [5.41, 5.74) is 5.43. The molecule has 0 saturated carbocycles. The second kappa shape index (κ2) is 8.71. The normalized spacial score (nSPS) is 16.7. The third kappa shape index (κ3) is 4.31. The molecule has 0 spiro atoms. The van der Waals surface area contributed by atoms with Gasteiger partial charge in [0, 0.05) is 42.8 Å². The zero-order valence-electron chi connectivity index (χ0n) is 17.5. The van der Waals surface area contributed by atoms with E-state index in [2.05, 4.69) is 65.9 Å². The Kier molecular flexibility index (Phi) is 5.87. The third-order valence-corrected chi connectivity index (χ3v) is 6.16. The fourth-order valence-electron chi connectivity index (χ4n) is 4.36. The molecule has 29 heavy (non-hydrogen) atoms. The number of hydrogen-bond acceptors (Lipinski definition) is 4. The highest BCUT2D eigenvalue weighted by atomic mass is 15.1. The zero-order chi connectivity index (χ0) is 20.2. The number of benzene rings is 2. The van der Waals surface area contributed by atoms with Crippen molar-refractivity contribution in [1.82, 2.24) is 10.2 Å². The summed E-state index contributed by atoms with van der Waals surface area (Å²) in [5, 5.41) is 19.1. The lowest BCUT2D eigenvalue weighted by molar-refractivity contribution is 0.229. The molecule has 0 unspecified atom stereocenters. The molecular weight excluding hydrogens is 356 g/mol.